The van der Waals surface area contributed by atoms with Crippen molar-refractivity contribution in [2.24, 2.45) is 5.92 Å². The van der Waals surface area contributed by atoms with Gasteiger partial charge in [0.05, 0.1) is 23.0 Å². The van der Waals surface area contributed by atoms with E-state index in [1.165, 1.54) is 18.2 Å². The van der Waals surface area contributed by atoms with E-state index < -0.39 is 36.2 Å². The molecular weight excluding hydrogens is 445 g/mol. The quantitative estimate of drug-likeness (QED) is 0.640. The molecule has 8 nitrogen and oxygen atoms in total. The molecule has 31 heavy (non-hydrogen) atoms. The molecule has 3 rings (SSSR count). The molecular formula is C21H19Cl2N3O5. The maximum absolute atomic E-state index is 12.4. The van der Waals surface area contributed by atoms with Crippen molar-refractivity contribution in [2.75, 3.05) is 18.5 Å². The summed E-state index contributed by atoms with van der Waals surface area (Å²) in [5.74, 6) is -3.06. The highest BCUT2D eigenvalue weighted by atomic mass is 35.5. The number of carbonyl (C=O) groups excluding carboxylic acids is 4. The summed E-state index contributed by atoms with van der Waals surface area (Å²) in [5.41, 5.74) is 4.12. The number of nitrogens with zero attached hydrogens (tertiary/aromatic N) is 1. The van der Waals surface area contributed by atoms with Crippen LogP contribution in [0.4, 0.5) is 5.69 Å². The molecule has 0 unspecified atom stereocenters. The summed E-state index contributed by atoms with van der Waals surface area (Å²) >= 11 is 11.8. The van der Waals surface area contributed by atoms with Crippen LogP contribution in [0.1, 0.15) is 22.3 Å². The minimum atomic E-state index is -0.805. The molecule has 0 saturated carbocycles. The zero-order chi connectivity index (χ0) is 22.5. The number of ether oxygens (including phenoxy) is 1. The van der Waals surface area contributed by atoms with Crippen LogP contribution in [0.2, 0.25) is 10.0 Å². The Hall–Kier alpha value is -3.10. The van der Waals surface area contributed by atoms with Crippen LogP contribution >= 0.6 is 23.2 Å². The SMILES string of the molecule is Cc1cccc(NC(=O)COC(=O)[C@@H]2CC(=O)N(NC(=O)c3ccc(Cl)cc3Cl)C2)c1. The van der Waals surface area contributed by atoms with E-state index in [2.05, 4.69) is 10.7 Å². The standard InChI is InChI=1S/C21H19Cl2N3O5/c1-12-3-2-4-15(7-12)24-18(27)11-31-21(30)13-8-19(28)26(10-13)25-20(29)16-6-5-14(22)9-17(16)23/h2-7,9,13H,8,10-11H2,1H3,(H,24,27)(H,25,29)/t13-/m1/s1. The van der Waals surface area contributed by atoms with Gasteiger partial charge in [-0.15, -0.1) is 0 Å². The van der Waals surface area contributed by atoms with Gasteiger partial charge in [0.2, 0.25) is 5.91 Å². The maximum Gasteiger partial charge on any atom is 0.311 e. The topological polar surface area (TPSA) is 105 Å². The van der Waals surface area contributed by atoms with Crippen molar-refractivity contribution in [1.29, 1.82) is 0 Å². The van der Waals surface area contributed by atoms with E-state index in [9.17, 15) is 19.2 Å². The average Bonchev–Trinajstić information content (AvgIpc) is 3.06. The predicted molar refractivity (Wildman–Crippen MR) is 115 cm³/mol. The van der Waals surface area contributed by atoms with Gasteiger partial charge in [-0.3, -0.25) is 29.6 Å². The predicted octanol–water partition coefficient (Wildman–Crippen LogP) is 2.98. The number of benzene rings is 2. The van der Waals surface area contributed by atoms with Crippen molar-refractivity contribution in [3.8, 4) is 0 Å². The Balaban J connectivity index is 1.50. The number of hydrogen-bond acceptors (Lipinski definition) is 5. The summed E-state index contributed by atoms with van der Waals surface area (Å²) in [7, 11) is 0. The number of hydrazine groups is 1. The van der Waals surface area contributed by atoms with Gasteiger partial charge in [-0.1, -0.05) is 35.3 Å². The number of halogens is 2. The lowest BCUT2D eigenvalue weighted by Crippen LogP contribution is -2.43. The lowest BCUT2D eigenvalue weighted by molar-refractivity contribution is -0.151. The van der Waals surface area contributed by atoms with E-state index in [0.717, 1.165) is 10.6 Å². The van der Waals surface area contributed by atoms with E-state index in [0.29, 0.717) is 10.7 Å². The number of carbonyl (C=O) groups is 4. The van der Waals surface area contributed by atoms with Crippen LogP contribution in [-0.2, 0) is 19.1 Å². The van der Waals surface area contributed by atoms with E-state index in [4.69, 9.17) is 27.9 Å². The molecule has 1 atom stereocenters. The zero-order valence-corrected chi connectivity index (χ0v) is 18.0. The van der Waals surface area contributed by atoms with Gasteiger partial charge >= 0.3 is 5.97 Å². The average molecular weight is 464 g/mol. The first-order valence-corrected chi connectivity index (χ1v) is 10.1. The van der Waals surface area contributed by atoms with Gasteiger partial charge in [0.15, 0.2) is 6.61 Å². The molecule has 1 saturated heterocycles. The van der Waals surface area contributed by atoms with Crippen LogP contribution in [0.5, 0.6) is 0 Å². The second-order valence-corrected chi connectivity index (χ2v) is 7.84. The van der Waals surface area contributed by atoms with Crippen LogP contribution in [-0.4, -0.2) is 41.9 Å². The van der Waals surface area contributed by atoms with Gasteiger partial charge in [-0.2, -0.15) is 0 Å². The van der Waals surface area contributed by atoms with Gasteiger partial charge in [-0.25, -0.2) is 0 Å². The fourth-order valence-corrected chi connectivity index (χ4v) is 3.50. The number of esters is 1. The molecule has 2 aromatic carbocycles. The van der Waals surface area contributed by atoms with Crippen molar-refractivity contribution >= 4 is 52.6 Å². The number of nitrogens with one attached hydrogen (secondary N) is 2. The first-order valence-electron chi connectivity index (χ1n) is 9.32. The monoisotopic (exact) mass is 463 g/mol. The van der Waals surface area contributed by atoms with Gasteiger partial charge in [0.1, 0.15) is 0 Å². The molecule has 1 aliphatic heterocycles. The van der Waals surface area contributed by atoms with E-state index in [1.54, 1.807) is 18.2 Å². The summed E-state index contributed by atoms with van der Waals surface area (Å²) in [6.45, 7) is 1.33. The van der Waals surface area contributed by atoms with E-state index in [-0.39, 0.29) is 23.6 Å². The van der Waals surface area contributed by atoms with Gasteiger partial charge in [0, 0.05) is 17.1 Å². The third kappa shape index (κ3) is 5.96. The lowest BCUT2D eigenvalue weighted by atomic mass is 10.1. The molecule has 1 heterocycles. The largest absolute Gasteiger partial charge is 0.455 e. The van der Waals surface area contributed by atoms with Gasteiger partial charge < -0.3 is 10.1 Å². The van der Waals surface area contributed by atoms with Crippen LogP contribution in [0.25, 0.3) is 0 Å². The van der Waals surface area contributed by atoms with Crippen LogP contribution in [0.3, 0.4) is 0 Å². The first kappa shape index (κ1) is 22.6. The molecule has 2 N–H and O–H groups in total. The summed E-state index contributed by atoms with van der Waals surface area (Å²) in [5, 5.41) is 4.16. The Morgan fingerprint density at radius 2 is 1.94 bits per heavy atom. The number of amides is 3. The number of hydrogen-bond donors (Lipinski definition) is 2. The Bertz CT molecular complexity index is 1040. The zero-order valence-electron chi connectivity index (χ0n) is 16.5. The van der Waals surface area contributed by atoms with Crippen molar-refractivity contribution in [2.45, 2.75) is 13.3 Å². The molecule has 0 radical (unpaired) electrons. The fourth-order valence-electron chi connectivity index (χ4n) is 3.00. The highest BCUT2D eigenvalue weighted by Gasteiger charge is 2.37. The minimum absolute atomic E-state index is 0.0753. The smallest absolute Gasteiger partial charge is 0.311 e. The van der Waals surface area contributed by atoms with Crippen LogP contribution < -0.4 is 10.7 Å². The summed E-state index contributed by atoms with van der Waals surface area (Å²) in [6.07, 6.45) is -0.146. The Morgan fingerprint density at radius 3 is 2.65 bits per heavy atom. The molecule has 0 aromatic heterocycles. The Morgan fingerprint density at radius 1 is 1.16 bits per heavy atom. The highest BCUT2D eigenvalue weighted by Crippen LogP contribution is 2.22. The van der Waals surface area contributed by atoms with Gasteiger partial charge in [0.25, 0.3) is 11.8 Å². The van der Waals surface area contributed by atoms with Crippen molar-refractivity contribution in [3.63, 3.8) is 0 Å². The number of anilines is 1. The fraction of sp³-hybridized carbons (Fsp3) is 0.238. The second kappa shape index (κ2) is 9.80. The van der Waals surface area contributed by atoms with Crippen molar-refractivity contribution in [1.82, 2.24) is 10.4 Å². The Labute approximate surface area is 188 Å². The van der Waals surface area contributed by atoms with Crippen molar-refractivity contribution < 1.29 is 23.9 Å². The summed E-state index contributed by atoms with van der Waals surface area (Å²) in [4.78, 5) is 48.8. The molecule has 0 spiro atoms. The first-order chi connectivity index (χ1) is 14.7. The summed E-state index contributed by atoms with van der Waals surface area (Å²) < 4.78 is 5.03. The maximum atomic E-state index is 12.4. The lowest BCUT2D eigenvalue weighted by Gasteiger charge is -2.18. The third-order valence-corrected chi connectivity index (χ3v) is 5.07. The molecule has 2 aromatic rings. The molecule has 3 amide bonds. The molecule has 10 heteroatoms. The summed E-state index contributed by atoms with van der Waals surface area (Å²) in [6, 6.07) is 11.5. The normalized spacial score (nSPS) is 15.5. The molecule has 0 bridgehead atoms. The highest BCUT2D eigenvalue weighted by molar-refractivity contribution is 6.36. The molecule has 0 aliphatic carbocycles. The second-order valence-electron chi connectivity index (χ2n) is 7.00. The number of aryl methyl sites for hydroxylation is 1. The van der Waals surface area contributed by atoms with Crippen LogP contribution in [0, 0.1) is 12.8 Å². The molecule has 1 fully saturated rings. The van der Waals surface area contributed by atoms with Crippen LogP contribution in [0.15, 0.2) is 42.5 Å². The van der Waals surface area contributed by atoms with E-state index >= 15 is 0 Å². The minimum Gasteiger partial charge on any atom is -0.455 e. The van der Waals surface area contributed by atoms with Crippen molar-refractivity contribution in [3.05, 3.63) is 63.6 Å². The van der Waals surface area contributed by atoms with Gasteiger partial charge in [-0.05, 0) is 42.8 Å². The van der Waals surface area contributed by atoms with E-state index in [1.807, 2.05) is 13.0 Å². The Kier molecular flexibility index (Phi) is 7.14. The molecule has 1 aliphatic rings. The number of rotatable bonds is 6. The molecule has 162 valence electrons. The third-order valence-electron chi connectivity index (χ3n) is 4.52.